The number of benzene rings is 1. The average molecular weight is 339 g/mol. The Hall–Kier alpha value is -1.03. The second-order valence-corrected chi connectivity index (χ2v) is 6.51. The summed E-state index contributed by atoms with van der Waals surface area (Å²) in [6.45, 7) is 3.04. The van der Waals surface area contributed by atoms with Crippen LogP contribution in [-0.2, 0) is 0 Å². The van der Waals surface area contributed by atoms with Crippen LogP contribution in [0.25, 0.3) is 0 Å². The van der Waals surface area contributed by atoms with Crippen molar-refractivity contribution in [1.29, 1.82) is 0 Å². The van der Waals surface area contributed by atoms with Crippen LogP contribution in [0.2, 0.25) is 0 Å². The summed E-state index contributed by atoms with van der Waals surface area (Å²) in [6, 6.07) is 5.39. The molecule has 1 aliphatic carbocycles. The number of hydrogen-bond acceptors (Lipinski definition) is 2. The van der Waals surface area contributed by atoms with Gasteiger partial charge in [0.25, 0.3) is 5.91 Å². The van der Waals surface area contributed by atoms with Gasteiger partial charge in [0.05, 0.1) is 10.0 Å². The number of nitrogens with two attached hydrogens (primary N) is 1. The fourth-order valence-electron chi connectivity index (χ4n) is 2.90. The zero-order chi connectivity index (χ0) is 14.5. The lowest BCUT2D eigenvalue weighted by Gasteiger charge is -2.27. The van der Waals surface area contributed by atoms with Crippen molar-refractivity contribution in [3.8, 4) is 0 Å². The fourth-order valence-corrected chi connectivity index (χ4v) is 3.35. The number of carbonyl (C=O) groups excluding carboxylic acids is 1. The van der Waals surface area contributed by atoms with Gasteiger partial charge in [-0.15, -0.1) is 0 Å². The molecule has 0 aliphatic heterocycles. The maximum Gasteiger partial charge on any atom is 0.252 e. The highest BCUT2D eigenvalue weighted by Gasteiger charge is 2.21. The minimum Gasteiger partial charge on any atom is -0.398 e. The predicted octanol–water partition coefficient (Wildman–Crippen LogP) is 3.98. The second kappa shape index (κ2) is 7.11. The Morgan fingerprint density at radius 2 is 1.95 bits per heavy atom. The Kier molecular flexibility index (Phi) is 5.46. The molecule has 0 radical (unpaired) electrons. The van der Waals surface area contributed by atoms with Crippen molar-refractivity contribution >= 4 is 27.5 Å². The van der Waals surface area contributed by atoms with Crippen molar-refractivity contribution in [1.82, 2.24) is 5.32 Å². The Morgan fingerprint density at radius 1 is 1.30 bits per heavy atom. The molecule has 1 saturated carbocycles. The number of hydrogen-bond donors (Lipinski definition) is 2. The largest absolute Gasteiger partial charge is 0.398 e. The molecule has 0 spiro atoms. The van der Waals surface area contributed by atoms with E-state index < -0.39 is 0 Å². The number of carbonyl (C=O) groups is 1. The van der Waals surface area contributed by atoms with Crippen molar-refractivity contribution in [2.75, 3.05) is 12.3 Å². The van der Waals surface area contributed by atoms with Crippen LogP contribution in [-0.4, -0.2) is 12.5 Å². The highest BCUT2D eigenvalue weighted by atomic mass is 79.9. The molecule has 20 heavy (non-hydrogen) atoms. The second-order valence-electron chi connectivity index (χ2n) is 5.71. The van der Waals surface area contributed by atoms with E-state index in [2.05, 4.69) is 28.2 Å². The van der Waals surface area contributed by atoms with Crippen LogP contribution in [0, 0.1) is 11.8 Å². The number of nitrogens with one attached hydrogen (secondary N) is 1. The van der Waals surface area contributed by atoms with E-state index in [0.717, 1.165) is 12.5 Å². The number of amides is 1. The summed E-state index contributed by atoms with van der Waals surface area (Å²) >= 11 is 3.38. The van der Waals surface area contributed by atoms with Crippen molar-refractivity contribution in [2.45, 2.75) is 39.0 Å². The van der Waals surface area contributed by atoms with Gasteiger partial charge in [-0.25, -0.2) is 0 Å². The smallest absolute Gasteiger partial charge is 0.252 e. The molecule has 0 aromatic heterocycles. The molecule has 2 rings (SSSR count). The molecule has 1 aliphatic rings. The Morgan fingerprint density at radius 3 is 2.60 bits per heavy atom. The first-order valence-corrected chi connectivity index (χ1v) is 8.23. The van der Waals surface area contributed by atoms with E-state index in [4.69, 9.17) is 5.73 Å². The molecule has 0 unspecified atom stereocenters. The van der Waals surface area contributed by atoms with Gasteiger partial charge < -0.3 is 11.1 Å². The minimum absolute atomic E-state index is 0.0400. The third-order valence-corrected chi connectivity index (χ3v) is 5.25. The molecular formula is C16H23BrN2O. The number of rotatable bonds is 4. The number of nitrogen functional groups attached to an aromatic ring is 1. The lowest BCUT2D eigenvalue weighted by atomic mass is 9.81. The summed E-state index contributed by atoms with van der Waals surface area (Å²) in [6.07, 6.45) is 6.36. The van der Waals surface area contributed by atoms with Gasteiger partial charge in [0.15, 0.2) is 0 Å². The maximum absolute atomic E-state index is 12.2. The summed E-state index contributed by atoms with van der Waals surface area (Å²) in [4.78, 5) is 12.2. The molecule has 0 atom stereocenters. The van der Waals surface area contributed by atoms with Crippen LogP contribution in [0.5, 0.6) is 0 Å². The molecule has 4 heteroatoms. The monoisotopic (exact) mass is 338 g/mol. The Labute approximate surface area is 129 Å². The van der Waals surface area contributed by atoms with Crippen LogP contribution >= 0.6 is 15.9 Å². The highest BCUT2D eigenvalue weighted by molar-refractivity contribution is 9.10. The molecule has 1 aromatic carbocycles. The summed E-state index contributed by atoms with van der Waals surface area (Å²) in [7, 11) is 0. The van der Waals surface area contributed by atoms with Crippen LogP contribution in [0.15, 0.2) is 22.7 Å². The van der Waals surface area contributed by atoms with Crippen LogP contribution in [0.1, 0.15) is 49.4 Å². The van der Waals surface area contributed by atoms with Gasteiger partial charge >= 0.3 is 0 Å². The first kappa shape index (κ1) is 15.4. The SMILES string of the molecule is CCC1CCC(CNC(=O)c2cccc(N)c2Br)CC1. The summed E-state index contributed by atoms with van der Waals surface area (Å²) in [5, 5.41) is 3.05. The predicted molar refractivity (Wildman–Crippen MR) is 86.6 cm³/mol. The third kappa shape index (κ3) is 3.75. The molecular weight excluding hydrogens is 316 g/mol. The van der Waals surface area contributed by atoms with E-state index in [9.17, 15) is 4.79 Å². The van der Waals surface area contributed by atoms with Gasteiger partial charge in [-0.2, -0.15) is 0 Å². The zero-order valence-electron chi connectivity index (χ0n) is 12.0. The first-order valence-electron chi connectivity index (χ1n) is 7.44. The molecule has 3 nitrogen and oxygen atoms in total. The van der Waals surface area contributed by atoms with Crippen molar-refractivity contribution in [2.24, 2.45) is 11.8 Å². The van der Waals surface area contributed by atoms with Crippen LogP contribution < -0.4 is 11.1 Å². The van der Waals surface area contributed by atoms with Gasteiger partial charge in [-0.1, -0.05) is 32.3 Å². The third-order valence-electron chi connectivity index (χ3n) is 4.37. The van der Waals surface area contributed by atoms with E-state index in [0.29, 0.717) is 21.6 Å². The molecule has 1 fully saturated rings. The van der Waals surface area contributed by atoms with Gasteiger partial charge in [0.1, 0.15) is 0 Å². The zero-order valence-corrected chi connectivity index (χ0v) is 13.6. The normalized spacial score (nSPS) is 22.5. The van der Waals surface area contributed by atoms with Crippen molar-refractivity contribution < 1.29 is 4.79 Å². The average Bonchev–Trinajstić information content (AvgIpc) is 2.48. The lowest BCUT2D eigenvalue weighted by Crippen LogP contribution is -2.31. The quantitative estimate of drug-likeness (QED) is 0.816. The summed E-state index contributed by atoms with van der Waals surface area (Å²) < 4.78 is 0.687. The van der Waals surface area contributed by atoms with E-state index in [-0.39, 0.29) is 5.91 Å². The molecule has 1 amide bonds. The van der Waals surface area contributed by atoms with E-state index >= 15 is 0 Å². The first-order chi connectivity index (χ1) is 9.61. The van der Waals surface area contributed by atoms with Gasteiger partial charge in [0.2, 0.25) is 0 Å². The van der Waals surface area contributed by atoms with E-state index in [1.807, 2.05) is 6.07 Å². The summed E-state index contributed by atoms with van der Waals surface area (Å²) in [5.74, 6) is 1.48. The Bertz CT molecular complexity index is 468. The van der Waals surface area contributed by atoms with Gasteiger partial charge in [-0.05, 0) is 52.7 Å². The van der Waals surface area contributed by atoms with Crippen molar-refractivity contribution in [3.05, 3.63) is 28.2 Å². The standard InChI is InChI=1S/C16H23BrN2O/c1-2-11-6-8-12(9-7-11)10-19-16(20)13-4-3-5-14(18)15(13)17/h3-5,11-12H,2,6-10,18H2,1H3,(H,19,20). The van der Waals surface area contributed by atoms with E-state index in [1.165, 1.54) is 32.1 Å². The fraction of sp³-hybridized carbons (Fsp3) is 0.562. The molecule has 0 saturated heterocycles. The van der Waals surface area contributed by atoms with Crippen LogP contribution in [0.4, 0.5) is 5.69 Å². The molecule has 3 N–H and O–H groups in total. The summed E-state index contributed by atoms with van der Waals surface area (Å²) in [5.41, 5.74) is 7.02. The number of anilines is 1. The number of halogens is 1. The van der Waals surface area contributed by atoms with Crippen LogP contribution in [0.3, 0.4) is 0 Å². The molecule has 110 valence electrons. The molecule has 1 aromatic rings. The Balaban J connectivity index is 1.85. The lowest BCUT2D eigenvalue weighted by molar-refractivity contribution is 0.0940. The molecule has 0 bridgehead atoms. The minimum atomic E-state index is -0.0400. The van der Waals surface area contributed by atoms with E-state index in [1.54, 1.807) is 12.1 Å². The van der Waals surface area contributed by atoms with Gasteiger partial charge in [0, 0.05) is 12.2 Å². The molecule has 0 heterocycles. The highest BCUT2D eigenvalue weighted by Crippen LogP contribution is 2.30. The van der Waals surface area contributed by atoms with Crippen molar-refractivity contribution in [3.63, 3.8) is 0 Å². The van der Waals surface area contributed by atoms with Gasteiger partial charge in [-0.3, -0.25) is 4.79 Å². The maximum atomic E-state index is 12.2. The topological polar surface area (TPSA) is 55.1 Å².